The predicted octanol–water partition coefficient (Wildman–Crippen LogP) is 2.85. The number of carbonyl (C=O) groups excluding carboxylic acids is 1. The van der Waals surface area contributed by atoms with Gasteiger partial charge in [0.25, 0.3) is 5.91 Å². The maximum Gasteiger partial charge on any atom is 0.253 e. The van der Waals surface area contributed by atoms with Gasteiger partial charge in [0.2, 0.25) is 0 Å². The average Bonchev–Trinajstić information content (AvgIpc) is 2.80. The number of aryl methyl sites for hydroxylation is 1. The Morgan fingerprint density at radius 3 is 2.55 bits per heavy atom. The smallest absolute Gasteiger partial charge is 0.253 e. The summed E-state index contributed by atoms with van der Waals surface area (Å²) in [5.74, 6) is -0.0387. The quantitative estimate of drug-likeness (QED) is 0.657. The standard InChI is InChI=1S/C24H26N2O5/c1-15-18(22(28)24(29)25-16(2)17-6-4-3-5-7-17)8-9-19-20(27)14-21(31-23(15)19)26-10-12-30-13-11-26/h3-9,14,16,22,28H,10-13H2,1-2H3,(H,25,29). The van der Waals surface area contributed by atoms with Crippen molar-refractivity contribution in [2.75, 3.05) is 31.2 Å². The van der Waals surface area contributed by atoms with Crippen LogP contribution >= 0.6 is 0 Å². The minimum atomic E-state index is -1.38. The lowest BCUT2D eigenvalue weighted by Crippen LogP contribution is -2.36. The molecule has 0 aliphatic carbocycles. The number of nitrogens with zero attached hydrogens (tertiary/aromatic N) is 1. The Balaban J connectivity index is 1.63. The zero-order valence-electron chi connectivity index (χ0n) is 17.6. The van der Waals surface area contributed by atoms with Gasteiger partial charge in [-0.2, -0.15) is 0 Å². The van der Waals surface area contributed by atoms with Crippen LogP contribution in [0.5, 0.6) is 0 Å². The van der Waals surface area contributed by atoms with E-state index in [0.717, 1.165) is 5.56 Å². The number of benzene rings is 2. The van der Waals surface area contributed by atoms with Gasteiger partial charge in [-0.05, 0) is 36.6 Å². The highest BCUT2D eigenvalue weighted by molar-refractivity contribution is 5.87. The number of hydrogen-bond donors (Lipinski definition) is 2. The Labute approximate surface area is 180 Å². The third-order valence-electron chi connectivity index (χ3n) is 5.70. The van der Waals surface area contributed by atoms with Crippen LogP contribution in [0.25, 0.3) is 11.0 Å². The zero-order chi connectivity index (χ0) is 22.0. The lowest BCUT2D eigenvalue weighted by atomic mass is 9.99. The number of aliphatic hydroxyl groups excluding tert-OH is 1. The highest BCUT2D eigenvalue weighted by atomic mass is 16.5. The van der Waals surface area contributed by atoms with Crippen molar-refractivity contribution in [3.8, 4) is 0 Å². The van der Waals surface area contributed by atoms with Crippen LogP contribution in [0.1, 0.15) is 35.8 Å². The number of morpholine rings is 1. The molecule has 1 saturated heterocycles. The van der Waals surface area contributed by atoms with Crippen molar-refractivity contribution in [3.05, 3.63) is 75.4 Å². The maximum atomic E-state index is 12.7. The van der Waals surface area contributed by atoms with Crippen LogP contribution in [0.4, 0.5) is 5.88 Å². The van der Waals surface area contributed by atoms with Gasteiger partial charge in [0.05, 0.1) is 24.6 Å². The fraction of sp³-hybridized carbons (Fsp3) is 0.333. The molecular formula is C24H26N2O5. The molecule has 2 unspecified atom stereocenters. The van der Waals surface area contributed by atoms with Gasteiger partial charge in [0, 0.05) is 19.2 Å². The molecule has 4 rings (SSSR count). The number of aliphatic hydroxyl groups is 1. The molecule has 0 saturated carbocycles. The molecule has 1 fully saturated rings. The van der Waals surface area contributed by atoms with Gasteiger partial charge in [0.1, 0.15) is 5.58 Å². The Kier molecular flexibility index (Phi) is 6.06. The van der Waals surface area contributed by atoms with Gasteiger partial charge in [-0.15, -0.1) is 0 Å². The molecule has 2 N–H and O–H groups in total. The summed E-state index contributed by atoms with van der Waals surface area (Å²) < 4.78 is 11.4. The summed E-state index contributed by atoms with van der Waals surface area (Å²) in [6.07, 6.45) is -1.38. The number of nitrogens with one attached hydrogen (secondary N) is 1. The van der Waals surface area contributed by atoms with Crippen molar-refractivity contribution in [1.82, 2.24) is 5.32 Å². The van der Waals surface area contributed by atoms with Crippen LogP contribution in [0.3, 0.4) is 0 Å². The summed E-state index contributed by atoms with van der Waals surface area (Å²) in [6.45, 7) is 6.02. The summed E-state index contributed by atoms with van der Waals surface area (Å²) in [6, 6.07) is 14.0. The molecule has 1 aliphatic heterocycles. The van der Waals surface area contributed by atoms with Crippen molar-refractivity contribution < 1.29 is 19.1 Å². The van der Waals surface area contributed by atoms with Crippen LogP contribution in [0.15, 0.2) is 57.7 Å². The van der Waals surface area contributed by atoms with Gasteiger partial charge >= 0.3 is 0 Å². The molecule has 2 aromatic carbocycles. The Bertz CT molecular complexity index is 1140. The monoisotopic (exact) mass is 422 g/mol. The first-order valence-corrected chi connectivity index (χ1v) is 10.4. The van der Waals surface area contributed by atoms with E-state index in [9.17, 15) is 14.7 Å². The molecule has 162 valence electrons. The average molecular weight is 422 g/mol. The van der Waals surface area contributed by atoms with E-state index in [1.165, 1.54) is 6.07 Å². The van der Waals surface area contributed by atoms with Gasteiger partial charge in [-0.3, -0.25) is 9.59 Å². The van der Waals surface area contributed by atoms with Gasteiger partial charge in [-0.25, -0.2) is 0 Å². The summed E-state index contributed by atoms with van der Waals surface area (Å²) >= 11 is 0. The summed E-state index contributed by atoms with van der Waals surface area (Å²) in [5, 5.41) is 14.0. The van der Waals surface area contributed by atoms with E-state index in [4.69, 9.17) is 9.15 Å². The first kappa shape index (κ1) is 21.1. The van der Waals surface area contributed by atoms with Gasteiger partial charge < -0.3 is 24.5 Å². The predicted molar refractivity (Wildman–Crippen MR) is 118 cm³/mol. The molecule has 31 heavy (non-hydrogen) atoms. The minimum absolute atomic E-state index is 0.158. The van der Waals surface area contributed by atoms with Gasteiger partial charge in [-0.1, -0.05) is 36.4 Å². The number of anilines is 1. The van der Waals surface area contributed by atoms with E-state index < -0.39 is 12.0 Å². The summed E-state index contributed by atoms with van der Waals surface area (Å²) in [4.78, 5) is 27.3. The van der Waals surface area contributed by atoms with E-state index in [0.29, 0.717) is 54.3 Å². The third-order valence-corrected chi connectivity index (χ3v) is 5.70. The van der Waals surface area contributed by atoms with Crippen molar-refractivity contribution in [2.45, 2.75) is 26.0 Å². The molecule has 2 atom stereocenters. The fourth-order valence-electron chi connectivity index (χ4n) is 3.85. The Morgan fingerprint density at radius 2 is 1.84 bits per heavy atom. The molecule has 2 heterocycles. The second-order valence-corrected chi connectivity index (χ2v) is 7.75. The molecule has 0 radical (unpaired) electrons. The van der Waals surface area contributed by atoms with E-state index in [-0.39, 0.29) is 11.5 Å². The Hall–Kier alpha value is -3.16. The van der Waals surface area contributed by atoms with Crippen molar-refractivity contribution >= 4 is 22.8 Å². The molecule has 7 heteroatoms. The molecular weight excluding hydrogens is 396 g/mol. The molecule has 1 amide bonds. The van der Waals surface area contributed by atoms with E-state index in [1.807, 2.05) is 42.2 Å². The molecule has 1 aliphatic rings. The highest BCUT2D eigenvalue weighted by Gasteiger charge is 2.24. The summed E-state index contributed by atoms with van der Waals surface area (Å²) in [5.41, 5.74) is 2.15. The maximum absolute atomic E-state index is 12.7. The van der Waals surface area contributed by atoms with Crippen LogP contribution in [-0.2, 0) is 9.53 Å². The van der Waals surface area contributed by atoms with Crippen LogP contribution < -0.4 is 15.6 Å². The van der Waals surface area contributed by atoms with Crippen molar-refractivity contribution in [1.29, 1.82) is 0 Å². The molecule has 7 nitrogen and oxygen atoms in total. The fourth-order valence-corrected chi connectivity index (χ4v) is 3.85. The van der Waals surface area contributed by atoms with Crippen LogP contribution in [0.2, 0.25) is 0 Å². The third kappa shape index (κ3) is 4.33. The highest BCUT2D eigenvalue weighted by Crippen LogP contribution is 2.28. The van der Waals surface area contributed by atoms with E-state index in [1.54, 1.807) is 19.1 Å². The first-order valence-electron chi connectivity index (χ1n) is 10.4. The number of hydrogen-bond acceptors (Lipinski definition) is 6. The second-order valence-electron chi connectivity index (χ2n) is 7.75. The SMILES string of the molecule is Cc1c(C(O)C(=O)NC(C)c2ccccc2)ccc2c(=O)cc(N3CCOCC3)oc12. The normalized spacial score (nSPS) is 16.2. The first-order chi connectivity index (χ1) is 15.0. The van der Waals surface area contributed by atoms with Crippen LogP contribution in [-0.4, -0.2) is 37.3 Å². The number of rotatable bonds is 5. The van der Waals surface area contributed by atoms with E-state index in [2.05, 4.69) is 5.32 Å². The molecule has 1 aromatic heterocycles. The number of ether oxygens (including phenoxy) is 1. The number of amides is 1. The molecule has 0 spiro atoms. The van der Waals surface area contributed by atoms with E-state index >= 15 is 0 Å². The van der Waals surface area contributed by atoms with Crippen molar-refractivity contribution in [3.63, 3.8) is 0 Å². The summed E-state index contributed by atoms with van der Waals surface area (Å²) in [7, 11) is 0. The lowest BCUT2D eigenvalue weighted by Gasteiger charge is -2.27. The largest absolute Gasteiger partial charge is 0.440 e. The van der Waals surface area contributed by atoms with Crippen LogP contribution in [0, 0.1) is 6.92 Å². The topological polar surface area (TPSA) is 92.0 Å². The number of carbonyl (C=O) groups is 1. The lowest BCUT2D eigenvalue weighted by molar-refractivity contribution is -0.130. The number of fused-ring (bicyclic) bond motifs is 1. The molecule has 3 aromatic rings. The van der Waals surface area contributed by atoms with Crippen molar-refractivity contribution in [2.24, 2.45) is 0 Å². The Morgan fingerprint density at radius 1 is 1.13 bits per heavy atom. The molecule has 0 bridgehead atoms. The minimum Gasteiger partial charge on any atom is -0.440 e. The van der Waals surface area contributed by atoms with Gasteiger partial charge in [0.15, 0.2) is 17.4 Å². The zero-order valence-corrected chi connectivity index (χ0v) is 17.6. The second kappa shape index (κ2) is 8.91.